The van der Waals surface area contributed by atoms with Gasteiger partial charge in [-0.3, -0.25) is 4.79 Å². The Morgan fingerprint density at radius 3 is 2.54 bits per heavy atom. The van der Waals surface area contributed by atoms with Crippen LogP contribution in [0.1, 0.15) is 21.6 Å². The minimum Gasteiger partial charge on any atom is -0.497 e. The first-order valence-electron chi connectivity index (χ1n) is 8.29. The molecule has 0 atom stereocenters. The number of carbonyl (C=O) groups is 1. The van der Waals surface area contributed by atoms with Gasteiger partial charge in [-0.1, -0.05) is 24.3 Å². The number of rotatable bonds is 5. The number of alkyl halides is 3. The molecule has 0 aliphatic carbocycles. The average Bonchev–Trinajstić information content (AvgIpc) is 3.17. The maximum Gasteiger partial charge on any atom is 0.416 e. The first-order chi connectivity index (χ1) is 13.3. The Labute approximate surface area is 164 Å². The highest BCUT2D eigenvalue weighted by atomic mass is 32.1. The second kappa shape index (κ2) is 8.02. The van der Waals surface area contributed by atoms with Crippen LogP contribution in [0.5, 0.6) is 5.75 Å². The lowest BCUT2D eigenvalue weighted by atomic mass is 10.1. The summed E-state index contributed by atoms with van der Waals surface area (Å²) in [6, 6.07) is 12.3. The van der Waals surface area contributed by atoms with Crippen molar-refractivity contribution in [1.82, 2.24) is 9.88 Å². The van der Waals surface area contributed by atoms with Gasteiger partial charge < -0.3 is 9.64 Å². The second-order valence-corrected chi connectivity index (χ2v) is 6.98. The quantitative estimate of drug-likeness (QED) is 0.591. The van der Waals surface area contributed by atoms with Crippen molar-refractivity contribution >= 4 is 17.2 Å². The monoisotopic (exact) mass is 406 g/mol. The molecule has 0 unspecified atom stereocenters. The number of thiazole rings is 1. The molecule has 1 amide bonds. The van der Waals surface area contributed by atoms with E-state index < -0.39 is 11.7 Å². The standard InChI is InChI=1S/C20H17F3N2O2S/c1-25(11-13-6-8-16(27-2)9-7-13)19(26)17-12-28-18(24-17)14-4-3-5-15(10-14)20(21,22)23/h3-10,12H,11H2,1-2H3. The van der Waals surface area contributed by atoms with Crippen LogP contribution in [-0.2, 0) is 12.7 Å². The Bertz CT molecular complexity index is 968. The van der Waals surface area contributed by atoms with Crippen molar-refractivity contribution < 1.29 is 22.7 Å². The highest BCUT2D eigenvalue weighted by Gasteiger charge is 2.30. The normalized spacial score (nSPS) is 11.3. The molecule has 146 valence electrons. The second-order valence-electron chi connectivity index (χ2n) is 6.13. The first-order valence-corrected chi connectivity index (χ1v) is 9.17. The molecule has 1 heterocycles. The lowest BCUT2D eigenvalue weighted by molar-refractivity contribution is -0.137. The van der Waals surface area contributed by atoms with E-state index in [-0.39, 0.29) is 11.6 Å². The van der Waals surface area contributed by atoms with Gasteiger partial charge in [-0.05, 0) is 29.8 Å². The number of hydrogen-bond donors (Lipinski definition) is 0. The van der Waals surface area contributed by atoms with Gasteiger partial charge in [0.05, 0.1) is 12.7 Å². The Morgan fingerprint density at radius 1 is 1.18 bits per heavy atom. The summed E-state index contributed by atoms with van der Waals surface area (Å²) in [5, 5.41) is 1.93. The van der Waals surface area contributed by atoms with Crippen LogP contribution >= 0.6 is 11.3 Å². The van der Waals surface area contributed by atoms with Crippen LogP contribution in [0.2, 0.25) is 0 Å². The molecule has 0 fully saturated rings. The summed E-state index contributed by atoms with van der Waals surface area (Å²) in [6.07, 6.45) is -4.43. The summed E-state index contributed by atoms with van der Waals surface area (Å²) in [7, 11) is 3.23. The number of methoxy groups -OCH3 is 1. The fraction of sp³-hybridized carbons (Fsp3) is 0.200. The van der Waals surface area contributed by atoms with Crippen LogP contribution in [0.3, 0.4) is 0 Å². The molecule has 0 N–H and O–H groups in total. The minimum atomic E-state index is -4.43. The molecule has 0 bridgehead atoms. The lowest BCUT2D eigenvalue weighted by Crippen LogP contribution is -2.26. The molecule has 3 rings (SSSR count). The summed E-state index contributed by atoms with van der Waals surface area (Å²) in [5.74, 6) is 0.424. The molecule has 28 heavy (non-hydrogen) atoms. The van der Waals surface area contributed by atoms with Gasteiger partial charge in [0.15, 0.2) is 0 Å². The zero-order chi connectivity index (χ0) is 20.3. The van der Waals surface area contributed by atoms with E-state index >= 15 is 0 Å². The maximum absolute atomic E-state index is 12.9. The van der Waals surface area contributed by atoms with Crippen LogP contribution in [0.25, 0.3) is 10.6 Å². The van der Waals surface area contributed by atoms with Crippen LogP contribution in [0.15, 0.2) is 53.9 Å². The van der Waals surface area contributed by atoms with Crippen molar-refractivity contribution in [2.24, 2.45) is 0 Å². The molecule has 0 aliphatic heterocycles. The molecular formula is C20H17F3N2O2S. The molecule has 3 aromatic rings. The van der Waals surface area contributed by atoms with Gasteiger partial charge in [-0.25, -0.2) is 4.98 Å². The molecule has 0 spiro atoms. The zero-order valence-electron chi connectivity index (χ0n) is 15.2. The molecule has 8 heteroatoms. The third kappa shape index (κ3) is 4.51. The number of halogens is 3. The van der Waals surface area contributed by atoms with E-state index in [1.54, 1.807) is 25.6 Å². The van der Waals surface area contributed by atoms with Crippen molar-refractivity contribution in [2.75, 3.05) is 14.2 Å². The van der Waals surface area contributed by atoms with Crippen LogP contribution < -0.4 is 4.74 Å². The van der Waals surface area contributed by atoms with Crippen molar-refractivity contribution in [3.63, 3.8) is 0 Å². The number of amides is 1. The Morgan fingerprint density at radius 2 is 1.89 bits per heavy atom. The Hall–Kier alpha value is -2.87. The SMILES string of the molecule is COc1ccc(CN(C)C(=O)c2csc(-c3cccc(C(F)(F)F)c3)n2)cc1. The molecule has 4 nitrogen and oxygen atoms in total. The van der Waals surface area contributed by atoms with Gasteiger partial charge in [-0.15, -0.1) is 11.3 Å². The third-order valence-corrected chi connectivity index (χ3v) is 4.98. The third-order valence-electron chi connectivity index (χ3n) is 4.09. The topological polar surface area (TPSA) is 42.4 Å². The minimum absolute atomic E-state index is 0.202. The summed E-state index contributed by atoms with van der Waals surface area (Å²) in [5.41, 5.74) is 0.708. The van der Waals surface area contributed by atoms with Crippen molar-refractivity contribution in [3.05, 3.63) is 70.7 Å². The molecule has 0 radical (unpaired) electrons. The van der Waals surface area contributed by atoms with Gasteiger partial charge in [0, 0.05) is 24.5 Å². The summed E-state index contributed by atoms with van der Waals surface area (Å²) < 4.78 is 43.8. The predicted molar refractivity (Wildman–Crippen MR) is 101 cm³/mol. The van der Waals surface area contributed by atoms with Crippen LogP contribution in [0, 0.1) is 0 Å². The van der Waals surface area contributed by atoms with Crippen molar-refractivity contribution in [1.29, 1.82) is 0 Å². The van der Waals surface area contributed by atoms with Crippen LogP contribution in [-0.4, -0.2) is 29.9 Å². The first kappa shape index (κ1) is 19.9. The van der Waals surface area contributed by atoms with E-state index in [1.165, 1.54) is 11.0 Å². The van der Waals surface area contributed by atoms with E-state index in [2.05, 4.69) is 4.98 Å². The highest BCUT2D eigenvalue weighted by molar-refractivity contribution is 7.13. The molecule has 0 saturated carbocycles. The maximum atomic E-state index is 12.9. The Balaban J connectivity index is 1.74. The summed E-state index contributed by atoms with van der Waals surface area (Å²) >= 11 is 1.14. The Kier molecular flexibility index (Phi) is 5.69. The largest absolute Gasteiger partial charge is 0.497 e. The molecular weight excluding hydrogens is 389 g/mol. The van der Waals surface area contributed by atoms with E-state index in [0.29, 0.717) is 17.1 Å². The van der Waals surface area contributed by atoms with Gasteiger partial charge in [0.1, 0.15) is 16.5 Å². The molecule has 0 aliphatic rings. The van der Waals surface area contributed by atoms with Gasteiger partial charge in [-0.2, -0.15) is 13.2 Å². The predicted octanol–water partition coefficient (Wildman–Crippen LogP) is 5.11. The summed E-state index contributed by atoms with van der Waals surface area (Å²) in [6.45, 7) is 0.374. The molecule has 2 aromatic carbocycles. The lowest BCUT2D eigenvalue weighted by Gasteiger charge is -2.16. The van der Waals surface area contributed by atoms with Crippen molar-refractivity contribution in [3.8, 4) is 16.3 Å². The molecule has 0 saturated heterocycles. The van der Waals surface area contributed by atoms with Crippen LogP contribution in [0.4, 0.5) is 13.2 Å². The smallest absolute Gasteiger partial charge is 0.416 e. The highest BCUT2D eigenvalue weighted by Crippen LogP contribution is 2.33. The van der Waals surface area contributed by atoms with Gasteiger partial charge in [0.2, 0.25) is 0 Å². The van der Waals surface area contributed by atoms with Crippen molar-refractivity contribution in [2.45, 2.75) is 12.7 Å². The fourth-order valence-corrected chi connectivity index (χ4v) is 3.40. The van der Waals surface area contributed by atoms with Gasteiger partial charge in [0.25, 0.3) is 5.91 Å². The van der Waals surface area contributed by atoms with Gasteiger partial charge >= 0.3 is 6.18 Å². The van der Waals surface area contributed by atoms with E-state index in [1.807, 2.05) is 24.3 Å². The average molecular weight is 406 g/mol. The number of ether oxygens (including phenoxy) is 1. The number of benzene rings is 2. The molecule has 1 aromatic heterocycles. The summed E-state index contributed by atoms with van der Waals surface area (Å²) in [4.78, 5) is 18.3. The number of hydrogen-bond acceptors (Lipinski definition) is 4. The fourth-order valence-electron chi connectivity index (χ4n) is 2.61. The number of aromatic nitrogens is 1. The van der Waals surface area contributed by atoms with E-state index in [0.717, 1.165) is 34.8 Å². The number of carbonyl (C=O) groups excluding carboxylic acids is 1. The number of nitrogens with zero attached hydrogens (tertiary/aromatic N) is 2. The zero-order valence-corrected chi connectivity index (χ0v) is 16.0. The van der Waals surface area contributed by atoms with E-state index in [4.69, 9.17) is 4.74 Å². The van der Waals surface area contributed by atoms with E-state index in [9.17, 15) is 18.0 Å².